The van der Waals surface area contributed by atoms with Crippen molar-refractivity contribution in [1.29, 1.82) is 0 Å². The molecule has 1 saturated carbocycles. The molecule has 0 saturated heterocycles. The Labute approximate surface area is 127 Å². The molecule has 1 rings (SSSR count). The number of carboxylic acid groups (broad SMARTS) is 1. The lowest BCUT2D eigenvalue weighted by molar-refractivity contribution is -0.135. The lowest BCUT2D eigenvalue weighted by Gasteiger charge is -2.07. The van der Waals surface area contributed by atoms with Crippen LogP contribution in [-0.2, 0) is 9.59 Å². The van der Waals surface area contributed by atoms with Crippen molar-refractivity contribution in [3.05, 3.63) is 11.8 Å². The van der Waals surface area contributed by atoms with Crippen molar-refractivity contribution in [3.8, 4) is 0 Å². The number of carbonyl (C=O) groups excluding carboxylic acids is 1. The molecule has 0 spiro atoms. The maximum Gasteiger partial charge on any atom is 0.352 e. The molecule has 120 valence electrons. The Morgan fingerprint density at radius 1 is 1.24 bits per heavy atom. The van der Waals surface area contributed by atoms with Gasteiger partial charge in [-0.3, -0.25) is 4.79 Å². The number of nitrogens with one attached hydrogen (secondary N) is 1. The quantitative estimate of drug-likeness (QED) is 0.426. The third-order valence-corrected chi connectivity index (χ3v) is 4.07. The highest BCUT2D eigenvalue weighted by Gasteiger charge is 2.50. The summed E-state index contributed by atoms with van der Waals surface area (Å²) in [5.74, 6) is -1.29. The number of carboxylic acids is 1. The van der Waals surface area contributed by atoms with Gasteiger partial charge < -0.3 is 16.2 Å². The van der Waals surface area contributed by atoms with Crippen LogP contribution in [0.3, 0.4) is 0 Å². The van der Waals surface area contributed by atoms with Crippen LogP contribution in [0.15, 0.2) is 11.8 Å². The van der Waals surface area contributed by atoms with E-state index in [1.807, 2.05) is 13.8 Å². The first-order valence-electron chi connectivity index (χ1n) is 7.83. The Morgan fingerprint density at radius 2 is 1.81 bits per heavy atom. The third-order valence-electron chi connectivity index (χ3n) is 4.07. The summed E-state index contributed by atoms with van der Waals surface area (Å²) in [6, 6.07) is 0. The minimum atomic E-state index is -1.06. The highest BCUT2D eigenvalue weighted by molar-refractivity contribution is 5.94. The van der Waals surface area contributed by atoms with Gasteiger partial charge in [0.1, 0.15) is 5.70 Å². The fraction of sp³-hybridized carbons (Fsp3) is 0.750. The Bertz CT molecular complexity index is 402. The van der Waals surface area contributed by atoms with Crippen molar-refractivity contribution in [2.45, 2.75) is 58.8 Å². The van der Waals surface area contributed by atoms with E-state index >= 15 is 0 Å². The predicted molar refractivity (Wildman–Crippen MR) is 82.5 cm³/mol. The van der Waals surface area contributed by atoms with Crippen LogP contribution in [0.4, 0.5) is 0 Å². The zero-order chi connectivity index (χ0) is 15.9. The van der Waals surface area contributed by atoms with E-state index in [4.69, 9.17) is 10.8 Å². The number of hydrogen-bond acceptors (Lipinski definition) is 3. The molecule has 0 aliphatic heterocycles. The summed E-state index contributed by atoms with van der Waals surface area (Å²) in [5.41, 5.74) is 5.45. The Morgan fingerprint density at radius 3 is 2.33 bits per heavy atom. The molecule has 1 aliphatic carbocycles. The Balaban J connectivity index is 2.31. The van der Waals surface area contributed by atoms with Crippen LogP contribution in [0.25, 0.3) is 0 Å². The van der Waals surface area contributed by atoms with Gasteiger partial charge in [-0.05, 0) is 37.6 Å². The minimum absolute atomic E-state index is 0.0106. The fourth-order valence-corrected chi connectivity index (χ4v) is 2.39. The molecular formula is C16H28N2O3. The largest absolute Gasteiger partial charge is 0.477 e. The summed E-state index contributed by atoms with van der Waals surface area (Å²) in [7, 11) is 0. The molecule has 0 aromatic carbocycles. The molecule has 0 aromatic rings. The zero-order valence-electron chi connectivity index (χ0n) is 13.2. The molecule has 5 heteroatoms. The molecule has 1 aliphatic rings. The second-order valence-electron chi connectivity index (χ2n) is 6.50. The topological polar surface area (TPSA) is 92.4 Å². The molecule has 1 unspecified atom stereocenters. The highest BCUT2D eigenvalue weighted by Crippen LogP contribution is 2.51. The molecule has 1 amide bonds. The minimum Gasteiger partial charge on any atom is -0.477 e. The SMILES string of the molecule is CC1(C)CC1C(=O)N/C(=C\CCCCCCCN)C(=O)O. The van der Waals surface area contributed by atoms with Crippen molar-refractivity contribution in [2.75, 3.05) is 6.54 Å². The summed E-state index contributed by atoms with van der Waals surface area (Å²) >= 11 is 0. The van der Waals surface area contributed by atoms with E-state index < -0.39 is 5.97 Å². The van der Waals surface area contributed by atoms with Gasteiger partial charge in [-0.15, -0.1) is 0 Å². The van der Waals surface area contributed by atoms with Gasteiger partial charge in [-0.2, -0.15) is 0 Å². The van der Waals surface area contributed by atoms with Crippen molar-refractivity contribution < 1.29 is 14.7 Å². The van der Waals surface area contributed by atoms with E-state index in [1.54, 1.807) is 6.08 Å². The molecule has 1 atom stereocenters. The van der Waals surface area contributed by atoms with Crippen LogP contribution in [0, 0.1) is 11.3 Å². The number of aliphatic carboxylic acids is 1. The van der Waals surface area contributed by atoms with Crippen LogP contribution in [0.2, 0.25) is 0 Å². The summed E-state index contributed by atoms with van der Waals surface area (Å²) in [5, 5.41) is 11.7. The lowest BCUT2D eigenvalue weighted by Crippen LogP contribution is -2.29. The number of unbranched alkanes of at least 4 members (excludes halogenated alkanes) is 5. The van der Waals surface area contributed by atoms with Gasteiger partial charge in [-0.1, -0.05) is 39.2 Å². The highest BCUT2D eigenvalue weighted by atomic mass is 16.4. The van der Waals surface area contributed by atoms with Crippen LogP contribution < -0.4 is 11.1 Å². The molecule has 0 aromatic heterocycles. The lowest BCUT2D eigenvalue weighted by atomic mass is 10.1. The van der Waals surface area contributed by atoms with Gasteiger partial charge in [-0.25, -0.2) is 4.79 Å². The Hall–Kier alpha value is -1.36. The van der Waals surface area contributed by atoms with Crippen LogP contribution in [0.5, 0.6) is 0 Å². The van der Waals surface area contributed by atoms with Gasteiger partial charge >= 0.3 is 5.97 Å². The average Bonchev–Trinajstić information content (AvgIpc) is 3.05. The number of hydrogen-bond donors (Lipinski definition) is 3. The summed E-state index contributed by atoms with van der Waals surface area (Å²) in [4.78, 5) is 23.1. The molecular weight excluding hydrogens is 268 g/mol. The number of amides is 1. The fourth-order valence-electron chi connectivity index (χ4n) is 2.39. The first kappa shape index (κ1) is 17.7. The molecule has 1 fully saturated rings. The van der Waals surface area contributed by atoms with Crippen LogP contribution >= 0.6 is 0 Å². The van der Waals surface area contributed by atoms with Gasteiger partial charge in [0.25, 0.3) is 0 Å². The van der Waals surface area contributed by atoms with E-state index in [2.05, 4.69) is 5.32 Å². The molecule has 0 heterocycles. The second-order valence-corrected chi connectivity index (χ2v) is 6.50. The van der Waals surface area contributed by atoms with Gasteiger partial charge in [0, 0.05) is 5.92 Å². The van der Waals surface area contributed by atoms with Gasteiger partial charge in [0.05, 0.1) is 0 Å². The van der Waals surface area contributed by atoms with E-state index in [-0.39, 0.29) is 22.9 Å². The Kier molecular flexibility index (Phi) is 6.89. The zero-order valence-corrected chi connectivity index (χ0v) is 13.2. The molecule has 0 radical (unpaired) electrons. The molecule has 21 heavy (non-hydrogen) atoms. The first-order valence-corrected chi connectivity index (χ1v) is 7.83. The van der Waals surface area contributed by atoms with E-state index in [0.29, 0.717) is 6.42 Å². The normalized spacial score (nSPS) is 20.1. The van der Waals surface area contributed by atoms with E-state index in [9.17, 15) is 9.59 Å². The summed E-state index contributed by atoms with van der Waals surface area (Å²) < 4.78 is 0. The number of allylic oxidation sites excluding steroid dienone is 1. The summed E-state index contributed by atoms with van der Waals surface area (Å²) in [6.07, 6.45) is 8.42. The number of nitrogens with two attached hydrogens (primary N) is 1. The van der Waals surface area contributed by atoms with Crippen molar-refractivity contribution >= 4 is 11.9 Å². The van der Waals surface area contributed by atoms with Crippen LogP contribution in [-0.4, -0.2) is 23.5 Å². The van der Waals surface area contributed by atoms with Gasteiger partial charge in [0.2, 0.25) is 5.91 Å². The standard InChI is InChI=1S/C16H28N2O3/c1-16(2)11-12(16)14(19)18-13(15(20)21)9-7-5-3-4-6-8-10-17/h9,12H,3-8,10-11,17H2,1-2H3,(H,18,19)(H,20,21)/b13-9-. The number of carbonyl (C=O) groups is 2. The second kappa shape index (κ2) is 8.17. The van der Waals surface area contributed by atoms with Crippen LogP contribution in [0.1, 0.15) is 58.8 Å². The van der Waals surface area contributed by atoms with E-state index in [0.717, 1.165) is 45.1 Å². The average molecular weight is 296 g/mol. The maximum atomic E-state index is 11.9. The first-order chi connectivity index (χ1) is 9.88. The van der Waals surface area contributed by atoms with Crippen molar-refractivity contribution in [3.63, 3.8) is 0 Å². The van der Waals surface area contributed by atoms with E-state index in [1.165, 1.54) is 0 Å². The maximum absolute atomic E-state index is 11.9. The number of rotatable bonds is 10. The van der Waals surface area contributed by atoms with Crippen molar-refractivity contribution in [2.24, 2.45) is 17.1 Å². The molecule has 5 nitrogen and oxygen atoms in total. The predicted octanol–water partition coefficient (Wildman–Crippen LogP) is 2.42. The summed E-state index contributed by atoms with van der Waals surface area (Å²) in [6.45, 7) is 4.76. The monoisotopic (exact) mass is 296 g/mol. The van der Waals surface area contributed by atoms with Gasteiger partial charge in [0.15, 0.2) is 0 Å². The van der Waals surface area contributed by atoms with Crippen molar-refractivity contribution in [1.82, 2.24) is 5.32 Å². The molecule has 0 bridgehead atoms. The molecule has 4 N–H and O–H groups in total. The smallest absolute Gasteiger partial charge is 0.352 e. The third kappa shape index (κ3) is 6.29.